The van der Waals surface area contributed by atoms with E-state index in [0.29, 0.717) is 11.6 Å². The number of nitrogens with one attached hydrogen (secondary N) is 1. The van der Waals surface area contributed by atoms with Gasteiger partial charge in [0.15, 0.2) is 5.82 Å². The third kappa shape index (κ3) is 3.71. The third-order valence-corrected chi connectivity index (χ3v) is 5.23. The van der Waals surface area contributed by atoms with Gasteiger partial charge in [-0.1, -0.05) is 42.5 Å². The van der Waals surface area contributed by atoms with Gasteiger partial charge in [0, 0.05) is 4.88 Å². The molecule has 4 nitrogen and oxygen atoms in total. The van der Waals surface area contributed by atoms with Gasteiger partial charge in [-0.05, 0) is 43.2 Å². The van der Waals surface area contributed by atoms with E-state index in [2.05, 4.69) is 38.7 Å². The van der Waals surface area contributed by atoms with Crippen LogP contribution in [-0.2, 0) is 0 Å². The molecule has 0 bridgehead atoms. The number of fused-ring (bicyclic) bond motifs is 1. The lowest BCUT2D eigenvalue weighted by Gasteiger charge is -2.05. The van der Waals surface area contributed by atoms with Crippen LogP contribution in [0.15, 0.2) is 65.8 Å². The van der Waals surface area contributed by atoms with Crippen LogP contribution in [0.25, 0.3) is 20.7 Å². The summed E-state index contributed by atoms with van der Waals surface area (Å²) < 4.78 is 13.1. The average molecular weight is 376 g/mol. The summed E-state index contributed by atoms with van der Waals surface area (Å²) >= 11 is 1.63. The molecule has 2 aromatic heterocycles. The molecule has 0 amide bonds. The molecule has 1 N–H and O–H groups in total. The van der Waals surface area contributed by atoms with Crippen molar-refractivity contribution in [3.05, 3.63) is 77.9 Å². The van der Waals surface area contributed by atoms with E-state index >= 15 is 0 Å². The summed E-state index contributed by atoms with van der Waals surface area (Å²) in [6.45, 7) is 3.73. The number of nitrogens with zero attached hydrogens (tertiary/aromatic N) is 3. The molecule has 0 unspecified atom stereocenters. The van der Waals surface area contributed by atoms with Crippen LogP contribution in [0, 0.1) is 12.7 Å². The van der Waals surface area contributed by atoms with Crippen molar-refractivity contribution in [1.82, 2.24) is 9.97 Å². The second kappa shape index (κ2) is 7.25. The number of aryl methyl sites for hydroxylation is 1. The summed E-state index contributed by atoms with van der Waals surface area (Å²) in [7, 11) is 0. The molecule has 0 atom stereocenters. The molecule has 0 radical (unpaired) electrons. The predicted molar refractivity (Wildman–Crippen MR) is 110 cm³/mol. The van der Waals surface area contributed by atoms with E-state index in [1.807, 2.05) is 32.0 Å². The minimum Gasteiger partial charge on any atom is -0.260 e. The predicted octanol–water partition coefficient (Wildman–Crippen LogP) is 5.64. The van der Waals surface area contributed by atoms with E-state index in [0.717, 1.165) is 31.9 Å². The molecular weight excluding hydrogens is 359 g/mol. The number of rotatable bonds is 4. The summed E-state index contributed by atoms with van der Waals surface area (Å²) in [5.74, 6) is 1.08. The molecule has 4 aromatic rings. The van der Waals surface area contributed by atoms with Crippen LogP contribution in [0.5, 0.6) is 0 Å². The van der Waals surface area contributed by atoms with Crippen LogP contribution in [0.3, 0.4) is 0 Å². The van der Waals surface area contributed by atoms with Crippen molar-refractivity contribution in [2.75, 3.05) is 5.43 Å². The highest BCUT2D eigenvalue weighted by Gasteiger charge is 2.11. The lowest BCUT2D eigenvalue weighted by Crippen LogP contribution is -2.02. The Hall–Kier alpha value is -3.12. The molecule has 2 aromatic carbocycles. The van der Waals surface area contributed by atoms with Crippen molar-refractivity contribution in [1.29, 1.82) is 0 Å². The van der Waals surface area contributed by atoms with Crippen molar-refractivity contribution < 1.29 is 4.39 Å². The van der Waals surface area contributed by atoms with Gasteiger partial charge in [-0.2, -0.15) is 5.10 Å². The quantitative estimate of drug-likeness (QED) is 0.370. The number of thiophene rings is 1. The number of hydrogen-bond donors (Lipinski definition) is 1. The van der Waals surface area contributed by atoms with Gasteiger partial charge in [-0.3, -0.25) is 5.43 Å². The average Bonchev–Trinajstić information content (AvgIpc) is 3.11. The molecule has 4 rings (SSSR count). The highest BCUT2D eigenvalue weighted by Crippen LogP contribution is 2.35. The summed E-state index contributed by atoms with van der Waals surface area (Å²) in [5, 5.41) is 5.36. The fourth-order valence-electron chi connectivity index (χ4n) is 2.75. The van der Waals surface area contributed by atoms with Gasteiger partial charge in [0.25, 0.3) is 0 Å². The number of benzene rings is 2. The third-order valence-electron chi connectivity index (χ3n) is 4.15. The largest absolute Gasteiger partial charge is 0.260 e. The highest BCUT2D eigenvalue weighted by molar-refractivity contribution is 7.21. The first-order chi connectivity index (χ1) is 13.1. The summed E-state index contributed by atoms with van der Waals surface area (Å²) in [4.78, 5) is 11.1. The van der Waals surface area contributed by atoms with E-state index in [-0.39, 0.29) is 5.82 Å². The molecule has 0 saturated heterocycles. The summed E-state index contributed by atoms with van der Waals surface area (Å²) in [6, 6.07) is 18.5. The zero-order valence-electron chi connectivity index (χ0n) is 14.9. The molecule has 0 saturated carbocycles. The molecular formula is C21H17FN4S. The van der Waals surface area contributed by atoms with Crippen LogP contribution in [0.4, 0.5) is 10.2 Å². The van der Waals surface area contributed by atoms with Crippen molar-refractivity contribution >= 4 is 33.1 Å². The van der Waals surface area contributed by atoms with Gasteiger partial charge >= 0.3 is 0 Å². The van der Waals surface area contributed by atoms with E-state index in [9.17, 15) is 4.39 Å². The number of halogens is 1. The molecule has 0 aliphatic heterocycles. The maximum absolute atomic E-state index is 13.1. The molecule has 0 aliphatic carbocycles. The van der Waals surface area contributed by atoms with Gasteiger partial charge in [-0.25, -0.2) is 14.4 Å². The fraction of sp³-hybridized carbons (Fsp3) is 0.0952. The fourth-order valence-corrected chi connectivity index (χ4v) is 3.83. The van der Waals surface area contributed by atoms with Crippen LogP contribution in [0.1, 0.15) is 18.3 Å². The van der Waals surface area contributed by atoms with Crippen molar-refractivity contribution in [2.45, 2.75) is 13.8 Å². The van der Waals surface area contributed by atoms with Crippen molar-refractivity contribution in [3.8, 4) is 10.4 Å². The molecule has 2 heterocycles. The Labute approximate surface area is 160 Å². The van der Waals surface area contributed by atoms with Gasteiger partial charge in [-0.15, -0.1) is 11.3 Å². The summed E-state index contributed by atoms with van der Waals surface area (Å²) in [6.07, 6.45) is 0. The Kier molecular flexibility index (Phi) is 4.64. The first-order valence-electron chi connectivity index (χ1n) is 8.50. The number of aromatic nitrogens is 2. The lowest BCUT2D eigenvalue weighted by molar-refractivity contribution is 0.628. The first-order valence-corrected chi connectivity index (χ1v) is 9.31. The Bertz CT molecular complexity index is 1120. The van der Waals surface area contributed by atoms with Gasteiger partial charge in [0.05, 0.1) is 11.1 Å². The first kappa shape index (κ1) is 17.3. The van der Waals surface area contributed by atoms with Crippen LogP contribution in [-0.4, -0.2) is 15.7 Å². The Balaban J connectivity index is 1.69. The maximum Gasteiger partial charge on any atom is 0.158 e. The lowest BCUT2D eigenvalue weighted by atomic mass is 10.1. The number of hydrazone groups is 1. The zero-order valence-corrected chi connectivity index (χ0v) is 15.7. The Morgan fingerprint density at radius 3 is 2.52 bits per heavy atom. The van der Waals surface area contributed by atoms with Crippen LogP contribution in [0.2, 0.25) is 0 Å². The van der Waals surface area contributed by atoms with E-state index in [1.165, 1.54) is 12.1 Å². The van der Waals surface area contributed by atoms with Gasteiger partial charge in [0.1, 0.15) is 16.5 Å². The van der Waals surface area contributed by atoms with Crippen molar-refractivity contribution in [2.24, 2.45) is 5.10 Å². The topological polar surface area (TPSA) is 50.2 Å². The second-order valence-corrected chi connectivity index (χ2v) is 7.16. The zero-order chi connectivity index (χ0) is 18.8. The van der Waals surface area contributed by atoms with Crippen LogP contribution < -0.4 is 5.43 Å². The molecule has 0 aliphatic rings. The van der Waals surface area contributed by atoms with E-state index in [4.69, 9.17) is 0 Å². The van der Waals surface area contributed by atoms with Gasteiger partial charge < -0.3 is 0 Å². The SMILES string of the molecule is C/C(=N/Nc1nc(C)nc2sc(-c3ccccc3)cc12)c1ccc(F)cc1. The minimum absolute atomic E-state index is 0.264. The number of hydrogen-bond acceptors (Lipinski definition) is 5. The Morgan fingerprint density at radius 2 is 1.78 bits per heavy atom. The van der Waals surface area contributed by atoms with E-state index < -0.39 is 0 Å². The molecule has 134 valence electrons. The highest BCUT2D eigenvalue weighted by atomic mass is 32.1. The molecule has 0 spiro atoms. The molecule has 6 heteroatoms. The molecule has 27 heavy (non-hydrogen) atoms. The molecule has 0 fully saturated rings. The smallest absolute Gasteiger partial charge is 0.158 e. The van der Waals surface area contributed by atoms with E-state index in [1.54, 1.807) is 23.5 Å². The standard InChI is InChI=1S/C21H17FN4S/c1-13(15-8-10-17(22)11-9-15)25-26-20-18-12-19(16-6-4-3-5-7-16)27-21(18)24-14(2)23-20/h3-12H,1-2H3,(H,23,24,26)/b25-13-. The van der Waals surface area contributed by atoms with Crippen LogP contribution >= 0.6 is 11.3 Å². The van der Waals surface area contributed by atoms with Gasteiger partial charge in [0.2, 0.25) is 0 Å². The normalized spacial score (nSPS) is 11.7. The Morgan fingerprint density at radius 1 is 1.04 bits per heavy atom. The summed E-state index contributed by atoms with van der Waals surface area (Å²) in [5.41, 5.74) is 5.80. The number of anilines is 1. The monoisotopic (exact) mass is 376 g/mol. The van der Waals surface area contributed by atoms with Crippen molar-refractivity contribution in [3.63, 3.8) is 0 Å². The second-order valence-electron chi connectivity index (χ2n) is 6.13. The maximum atomic E-state index is 13.1. The minimum atomic E-state index is -0.264.